The molecule has 0 aliphatic carbocycles. The Hall–Kier alpha value is -2.97. The van der Waals surface area contributed by atoms with Crippen molar-refractivity contribution in [2.75, 3.05) is 19.6 Å². The smallest absolute Gasteiger partial charge is 0.414 e. The maximum absolute atomic E-state index is 11.5. The molecule has 21 heavy (non-hydrogen) atoms. The minimum Gasteiger partial charge on any atom is -0.473 e. The Morgan fingerprint density at radius 3 is 2.43 bits per heavy atom. The predicted molar refractivity (Wildman–Crippen MR) is 72.1 cm³/mol. The number of aliphatic carboxylic acids is 2. The third-order valence-corrected chi connectivity index (χ3v) is 2.24. The quantitative estimate of drug-likeness (QED) is 0.522. The molecule has 0 unspecified atom stereocenters. The Labute approximate surface area is 119 Å². The van der Waals surface area contributed by atoms with Crippen molar-refractivity contribution in [2.45, 2.75) is 0 Å². The lowest BCUT2D eigenvalue weighted by molar-refractivity contribution is -0.159. The third kappa shape index (κ3) is 6.14. The van der Waals surface area contributed by atoms with E-state index >= 15 is 0 Å². The van der Waals surface area contributed by atoms with Gasteiger partial charge in [0.25, 0.3) is 5.91 Å². The fourth-order valence-corrected chi connectivity index (χ4v) is 1.32. The number of carboxylic acid groups (broad SMARTS) is 2. The van der Waals surface area contributed by atoms with E-state index in [4.69, 9.17) is 19.8 Å². The number of hydrogen-bond donors (Lipinski definition) is 4. The molecule has 4 N–H and O–H groups in total. The summed E-state index contributed by atoms with van der Waals surface area (Å²) in [5.41, 5.74) is 0.427. The number of nitrogens with one attached hydrogen (secondary N) is 2. The van der Waals surface area contributed by atoms with Crippen LogP contribution < -0.4 is 10.6 Å². The predicted octanol–water partition coefficient (Wildman–Crippen LogP) is -1.03. The van der Waals surface area contributed by atoms with Crippen molar-refractivity contribution in [2.24, 2.45) is 4.99 Å². The molecule has 1 aromatic rings. The first-order valence-electron chi connectivity index (χ1n) is 5.93. The summed E-state index contributed by atoms with van der Waals surface area (Å²) < 4.78 is 0. The average Bonchev–Trinajstić information content (AvgIpc) is 2.99. The van der Waals surface area contributed by atoms with Crippen molar-refractivity contribution in [1.82, 2.24) is 15.6 Å². The zero-order valence-electron chi connectivity index (χ0n) is 10.9. The number of hydrogen-bond acceptors (Lipinski definition) is 6. The van der Waals surface area contributed by atoms with Gasteiger partial charge in [0.2, 0.25) is 0 Å². The maximum Gasteiger partial charge on any atom is 0.414 e. The molecule has 1 aromatic heterocycles. The van der Waals surface area contributed by atoms with Crippen LogP contribution in [0.4, 0.5) is 0 Å². The summed E-state index contributed by atoms with van der Waals surface area (Å²) in [5.74, 6) is -2.99. The van der Waals surface area contributed by atoms with E-state index in [9.17, 15) is 4.79 Å². The van der Waals surface area contributed by atoms with Crippen LogP contribution in [0.15, 0.2) is 29.4 Å². The molecule has 0 saturated heterocycles. The molecule has 1 aliphatic heterocycles. The monoisotopic (exact) mass is 294 g/mol. The lowest BCUT2D eigenvalue weighted by Crippen LogP contribution is -2.35. The third-order valence-electron chi connectivity index (χ3n) is 2.24. The Bertz CT molecular complexity index is 532. The second kappa shape index (κ2) is 8.25. The molecular weight excluding hydrogens is 280 g/mol. The van der Waals surface area contributed by atoms with Crippen LogP contribution in [0.25, 0.3) is 0 Å². The lowest BCUT2D eigenvalue weighted by atomic mass is 10.3. The van der Waals surface area contributed by atoms with E-state index in [0.29, 0.717) is 12.2 Å². The molecule has 0 saturated carbocycles. The van der Waals surface area contributed by atoms with Gasteiger partial charge < -0.3 is 20.8 Å². The number of rotatable bonds is 3. The summed E-state index contributed by atoms with van der Waals surface area (Å²) in [6.45, 7) is 2.08. The van der Waals surface area contributed by atoms with Crippen molar-refractivity contribution in [3.63, 3.8) is 0 Å². The Morgan fingerprint density at radius 1 is 1.24 bits per heavy atom. The number of amides is 1. The largest absolute Gasteiger partial charge is 0.473 e. The average molecular weight is 294 g/mol. The normalized spacial score (nSPS) is 12.3. The first-order valence-corrected chi connectivity index (χ1v) is 5.93. The van der Waals surface area contributed by atoms with Gasteiger partial charge in [0, 0.05) is 12.7 Å². The van der Waals surface area contributed by atoms with Gasteiger partial charge >= 0.3 is 11.9 Å². The van der Waals surface area contributed by atoms with E-state index in [1.54, 1.807) is 24.4 Å². The van der Waals surface area contributed by atoms with Crippen LogP contribution in [-0.2, 0) is 9.59 Å². The summed E-state index contributed by atoms with van der Waals surface area (Å²) in [5, 5.41) is 20.6. The summed E-state index contributed by atoms with van der Waals surface area (Å²) in [7, 11) is 0. The Kier molecular flexibility index (Phi) is 6.32. The van der Waals surface area contributed by atoms with Crippen LogP contribution in [0.5, 0.6) is 0 Å². The minimum atomic E-state index is -1.82. The maximum atomic E-state index is 11.5. The number of pyridine rings is 1. The summed E-state index contributed by atoms with van der Waals surface area (Å²) in [4.78, 5) is 37.9. The summed E-state index contributed by atoms with van der Waals surface area (Å²) in [6, 6.07) is 5.24. The van der Waals surface area contributed by atoms with Gasteiger partial charge in [0.05, 0.1) is 13.1 Å². The van der Waals surface area contributed by atoms with Crippen LogP contribution in [-0.4, -0.2) is 58.5 Å². The highest BCUT2D eigenvalue weighted by molar-refractivity contribution is 6.27. The first kappa shape index (κ1) is 16.1. The molecule has 0 atom stereocenters. The molecule has 1 aliphatic rings. The highest BCUT2D eigenvalue weighted by Gasteiger charge is 2.09. The van der Waals surface area contributed by atoms with Crippen molar-refractivity contribution in [3.8, 4) is 0 Å². The van der Waals surface area contributed by atoms with E-state index in [0.717, 1.165) is 18.9 Å². The van der Waals surface area contributed by atoms with Gasteiger partial charge in [0.15, 0.2) is 0 Å². The molecule has 2 heterocycles. The van der Waals surface area contributed by atoms with E-state index in [-0.39, 0.29) is 5.91 Å². The van der Waals surface area contributed by atoms with Crippen LogP contribution in [0.3, 0.4) is 0 Å². The SMILES string of the molecule is O=C(NCC1=NCCN1)c1ccccn1.O=C(O)C(=O)O. The Balaban J connectivity index is 0.000000315. The number of nitrogens with zero attached hydrogens (tertiary/aromatic N) is 2. The molecular formula is C12H14N4O5. The van der Waals surface area contributed by atoms with Crippen LogP contribution >= 0.6 is 0 Å². The van der Waals surface area contributed by atoms with Crippen molar-refractivity contribution >= 4 is 23.7 Å². The van der Waals surface area contributed by atoms with Crippen LogP contribution in [0.2, 0.25) is 0 Å². The summed E-state index contributed by atoms with van der Waals surface area (Å²) in [6.07, 6.45) is 1.60. The second-order valence-corrected chi connectivity index (χ2v) is 3.76. The number of aromatic nitrogens is 1. The molecule has 0 spiro atoms. The molecule has 2 rings (SSSR count). The summed E-state index contributed by atoms with van der Waals surface area (Å²) >= 11 is 0. The van der Waals surface area contributed by atoms with Gasteiger partial charge in [-0.25, -0.2) is 9.59 Å². The van der Waals surface area contributed by atoms with Crippen LogP contribution in [0.1, 0.15) is 10.5 Å². The lowest BCUT2D eigenvalue weighted by Gasteiger charge is -2.04. The first-order chi connectivity index (χ1) is 10.0. The van der Waals surface area contributed by atoms with Crippen LogP contribution in [0, 0.1) is 0 Å². The number of amidine groups is 1. The molecule has 0 bridgehead atoms. The molecule has 1 amide bonds. The number of carboxylic acids is 2. The molecule has 0 fully saturated rings. The molecule has 0 aromatic carbocycles. The fraction of sp³-hybridized carbons (Fsp3) is 0.250. The minimum absolute atomic E-state index is 0.174. The molecule has 9 nitrogen and oxygen atoms in total. The molecule has 0 radical (unpaired) electrons. The fourth-order valence-electron chi connectivity index (χ4n) is 1.32. The molecule has 9 heteroatoms. The van der Waals surface area contributed by atoms with Crippen molar-refractivity contribution in [1.29, 1.82) is 0 Å². The zero-order chi connectivity index (χ0) is 15.7. The van der Waals surface area contributed by atoms with E-state index in [2.05, 4.69) is 20.6 Å². The number of carbonyl (C=O) groups excluding carboxylic acids is 1. The van der Waals surface area contributed by atoms with E-state index in [1.807, 2.05) is 0 Å². The topological polar surface area (TPSA) is 141 Å². The number of carbonyl (C=O) groups is 3. The van der Waals surface area contributed by atoms with Gasteiger partial charge in [-0.15, -0.1) is 0 Å². The zero-order valence-corrected chi connectivity index (χ0v) is 10.9. The van der Waals surface area contributed by atoms with Gasteiger partial charge in [-0.05, 0) is 12.1 Å². The highest BCUT2D eigenvalue weighted by atomic mass is 16.4. The van der Waals surface area contributed by atoms with E-state index in [1.165, 1.54) is 0 Å². The Morgan fingerprint density at radius 2 is 1.95 bits per heavy atom. The standard InChI is InChI=1S/C10H12N4O.C2H2O4/c15-10(8-3-1-2-4-11-8)14-7-9-12-5-6-13-9;3-1(4)2(5)6/h1-4H,5-7H2,(H,12,13)(H,14,15);(H,3,4)(H,5,6). The van der Waals surface area contributed by atoms with Gasteiger partial charge in [0.1, 0.15) is 11.5 Å². The van der Waals surface area contributed by atoms with E-state index < -0.39 is 11.9 Å². The van der Waals surface area contributed by atoms with Crippen molar-refractivity contribution in [3.05, 3.63) is 30.1 Å². The van der Waals surface area contributed by atoms with Gasteiger partial charge in [-0.2, -0.15) is 0 Å². The molecule has 112 valence electrons. The van der Waals surface area contributed by atoms with Gasteiger partial charge in [-0.3, -0.25) is 14.8 Å². The number of aliphatic imine (C=N–C) groups is 1. The highest BCUT2D eigenvalue weighted by Crippen LogP contribution is 1.92. The van der Waals surface area contributed by atoms with Crippen molar-refractivity contribution < 1.29 is 24.6 Å². The van der Waals surface area contributed by atoms with Gasteiger partial charge in [-0.1, -0.05) is 6.07 Å². The second-order valence-electron chi connectivity index (χ2n) is 3.76.